The van der Waals surface area contributed by atoms with Crippen LogP contribution >= 0.6 is 22.9 Å². The van der Waals surface area contributed by atoms with Crippen molar-refractivity contribution in [1.29, 1.82) is 0 Å². The van der Waals surface area contributed by atoms with Crippen LogP contribution in [0.25, 0.3) is 11.3 Å². The summed E-state index contributed by atoms with van der Waals surface area (Å²) in [6.07, 6.45) is -2.68. The topological polar surface area (TPSA) is 108 Å². The van der Waals surface area contributed by atoms with Gasteiger partial charge in [0, 0.05) is 31.2 Å². The van der Waals surface area contributed by atoms with Crippen LogP contribution in [0.4, 0.5) is 19.1 Å². The Labute approximate surface area is 244 Å². The number of anilines is 1. The average molecular weight is 629 g/mol. The molecule has 1 aromatic carbocycles. The molecule has 0 saturated carbocycles. The fourth-order valence-electron chi connectivity index (χ4n) is 5.01. The standard InChI is InChI=1S/C26H28ClF3N6O3S2/c1-31-18-10-12-35(15-18)25-33-19(13-20(34-25)16-4-6-17(7-5-16)26(28,29)30)14-32-24(37)21-3-2-11-36(21)41(38,39)23-9-8-22(27)40-23/h4-9,13,18,21,31H,2-3,10-12,14-15H2,1H3,(H,32,37)/t18?,21-/m1/s1. The van der Waals surface area contributed by atoms with Crippen LogP contribution in [0.5, 0.6) is 0 Å². The van der Waals surface area contributed by atoms with Crippen LogP contribution < -0.4 is 15.5 Å². The first-order chi connectivity index (χ1) is 19.5. The number of likely N-dealkylation sites (N-methyl/N-ethyl adjacent to an activating group) is 1. The number of benzene rings is 1. The second kappa shape index (κ2) is 11.8. The Hall–Kier alpha value is -2.78. The molecule has 5 rings (SSSR count). The van der Waals surface area contributed by atoms with Gasteiger partial charge in [-0.25, -0.2) is 18.4 Å². The van der Waals surface area contributed by atoms with Gasteiger partial charge < -0.3 is 15.5 Å². The number of amides is 1. The highest BCUT2D eigenvalue weighted by molar-refractivity contribution is 7.91. The van der Waals surface area contributed by atoms with Crippen molar-refractivity contribution in [1.82, 2.24) is 24.9 Å². The van der Waals surface area contributed by atoms with E-state index in [4.69, 9.17) is 11.6 Å². The first-order valence-electron chi connectivity index (χ1n) is 13.0. The Balaban J connectivity index is 1.37. The SMILES string of the molecule is CNC1CCN(c2nc(CNC(=O)[C@H]3CCCN3S(=O)(=O)c3ccc(Cl)s3)cc(-c3ccc(C(F)(F)F)cc3)n2)C1. The molecule has 3 aromatic rings. The molecule has 0 spiro atoms. The number of carbonyl (C=O) groups excluding carboxylic acids is 1. The smallest absolute Gasteiger partial charge is 0.349 e. The van der Waals surface area contributed by atoms with Crippen molar-refractivity contribution in [3.8, 4) is 11.3 Å². The van der Waals surface area contributed by atoms with Gasteiger partial charge in [-0.15, -0.1) is 11.3 Å². The fourth-order valence-corrected chi connectivity index (χ4v) is 8.28. The highest BCUT2D eigenvalue weighted by atomic mass is 35.5. The second-order valence-corrected chi connectivity index (χ2v) is 13.7. The molecule has 9 nitrogen and oxygen atoms in total. The van der Waals surface area contributed by atoms with Crippen LogP contribution in [-0.4, -0.2) is 67.4 Å². The quantitative estimate of drug-likeness (QED) is 0.386. The number of hydrogen-bond acceptors (Lipinski definition) is 8. The second-order valence-electron chi connectivity index (χ2n) is 9.89. The number of alkyl halides is 3. The van der Waals surface area contributed by atoms with Gasteiger partial charge in [-0.1, -0.05) is 23.7 Å². The zero-order chi connectivity index (χ0) is 29.4. The Morgan fingerprint density at radius 3 is 2.51 bits per heavy atom. The van der Waals surface area contributed by atoms with Crippen molar-refractivity contribution < 1.29 is 26.4 Å². The monoisotopic (exact) mass is 628 g/mol. The molecule has 2 atom stereocenters. The first-order valence-corrected chi connectivity index (χ1v) is 15.6. The summed E-state index contributed by atoms with van der Waals surface area (Å²) >= 11 is 6.88. The van der Waals surface area contributed by atoms with E-state index in [0.29, 0.717) is 53.2 Å². The third kappa shape index (κ3) is 6.51. The Bertz CT molecular complexity index is 1520. The van der Waals surface area contributed by atoms with Crippen molar-refractivity contribution in [3.63, 3.8) is 0 Å². The minimum atomic E-state index is -4.46. The van der Waals surface area contributed by atoms with E-state index in [2.05, 4.69) is 20.6 Å². The zero-order valence-electron chi connectivity index (χ0n) is 22.0. The van der Waals surface area contributed by atoms with Crippen LogP contribution in [0.1, 0.15) is 30.5 Å². The molecule has 0 aliphatic carbocycles. The molecule has 4 heterocycles. The van der Waals surface area contributed by atoms with E-state index >= 15 is 0 Å². The summed E-state index contributed by atoms with van der Waals surface area (Å²) in [5.41, 5.74) is 0.575. The van der Waals surface area contributed by atoms with Gasteiger partial charge in [-0.3, -0.25) is 4.79 Å². The Kier molecular flexibility index (Phi) is 8.58. The lowest BCUT2D eigenvalue weighted by atomic mass is 10.1. The van der Waals surface area contributed by atoms with Crippen LogP contribution in [0.15, 0.2) is 46.7 Å². The van der Waals surface area contributed by atoms with Gasteiger partial charge in [0.05, 0.1) is 27.8 Å². The molecule has 15 heteroatoms. The van der Waals surface area contributed by atoms with Crippen molar-refractivity contribution >= 4 is 44.8 Å². The van der Waals surface area contributed by atoms with Crippen LogP contribution in [0, 0.1) is 0 Å². The maximum absolute atomic E-state index is 13.2. The van der Waals surface area contributed by atoms with E-state index in [9.17, 15) is 26.4 Å². The number of hydrogen-bond donors (Lipinski definition) is 2. The molecule has 2 aromatic heterocycles. The van der Waals surface area contributed by atoms with Crippen molar-refractivity contribution in [3.05, 3.63) is 58.1 Å². The van der Waals surface area contributed by atoms with E-state index in [-0.39, 0.29) is 23.3 Å². The lowest BCUT2D eigenvalue weighted by Crippen LogP contribution is -2.45. The molecule has 2 fully saturated rings. The molecule has 220 valence electrons. The van der Waals surface area contributed by atoms with E-state index in [1.54, 1.807) is 6.07 Å². The number of carbonyl (C=O) groups is 1. The minimum Gasteiger partial charge on any atom is -0.349 e. The molecule has 1 unspecified atom stereocenters. The normalized spacial score (nSPS) is 20.1. The summed E-state index contributed by atoms with van der Waals surface area (Å²) in [7, 11) is -2.02. The van der Waals surface area contributed by atoms with Gasteiger partial charge in [-0.2, -0.15) is 17.5 Å². The number of aromatic nitrogens is 2. The third-order valence-electron chi connectivity index (χ3n) is 7.22. The van der Waals surface area contributed by atoms with Crippen molar-refractivity contribution in [2.24, 2.45) is 0 Å². The molecule has 2 aliphatic rings. The summed E-state index contributed by atoms with van der Waals surface area (Å²) in [6.45, 7) is 1.55. The number of nitrogens with one attached hydrogen (secondary N) is 2. The molecule has 2 saturated heterocycles. The maximum atomic E-state index is 13.2. The van der Waals surface area contributed by atoms with Crippen LogP contribution in [0.2, 0.25) is 4.34 Å². The zero-order valence-corrected chi connectivity index (χ0v) is 24.4. The third-order valence-corrected chi connectivity index (χ3v) is 10.8. The number of thiophene rings is 1. The van der Waals surface area contributed by atoms with E-state index in [0.717, 1.165) is 29.9 Å². The summed E-state index contributed by atoms with van der Waals surface area (Å²) in [5, 5.41) is 6.03. The molecule has 0 bridgehead atoms. The molecule has 0 radical (unpaired) electrons. The molecular formula is C26H28ClF3N6O3S2. The van der Waals surface area contributed by atoms with Gasteiger partial charge in [-0.05, 0) is 56.6 Å². The lowest BCUT2D eigenvalue weighted by Gasteiger charge is -2.23. The van der Waals surface area contributed by atoms with Crippen LogP contribution in [-0.2, 0) is 27.5 Å². The summed E-state index contributed by atoms with van der Waals surface area (Å²) in [5.74, 6) is -0.0505. The summed E-state index contributed by atoms with van der Waals surface area (Å²) < 4.78 is 67.3. The van der Waals surface area contributed by atoms with E-state index < -0.39 is 33.7 Å². The average Bonchev–Trinajstić information content (AvgIpc) is 3.72. The number of halogens is 4. The number of nitrogens with zero attached hydrogens (tertiary/aromatic N) is 4. The van der Waals surface area contributed by atoms with E-state index in [1.165, 1.54) is 28.6 Å². The van der Waals surface area contributed by atoms with Gasteiger partial charge >= 0.3 is 6.18 Å². The highest BCUT2D eigenvalue weighted by Crippen LogP contribution is 2.33. The number of rotatable bonds is 8. The predicted molar refractivity (Wildman–Crippen MR) is 150 cm³/mol. The molecule has 41 heavy (non-hydrogen) atoms. The predicted octanol–water partition coefficient (Wildman–Crippen LogP) is 4.14. The lowest BCUT2D eigenvalue weighted by molar-refractivity contribution is -0.137. The van der Waals surface area contributed by atoms with Gasteiger partial charge in [0.2, 0.25) is 11.9 Å². The minimum absolute atomic E-state index is 0.0134. The first kappa shape index (κ1) is 29.7. The summed E-state index contributed by atoms with van der Waals surface area (Å²) in [6, 6.07) is 8.63. The Morgan fingerprint density at radius 2 is 1.88 bits per heavy atom. The maximum Gasteiger partial charge on any atom is 0.416 e. The van der Waals surface area contributed by atoms with Crippen molar-refractivity contribution in [2.45, 2.75) is 48.3 Å². The molecular weight excluding hydrogens is 601 g/mol. The number of sulfonamides is 1. The van der Waals surface area contributed by atoms with Crippen LogP contribution in [0.3, 0.4) is 0 Å². The Morgan fingerprint density at radius 1 is 1.12 bits per heavy atom. The fraction of sp³-hybridized carbons (Fsp3) is 0.423. The molecule has 2 aliphatic heterocycles. The summed E-state index contributed by atoms with van der Waals surface area (Å²) in [4.78, 5) is 24.5. The largest absolute Gasteiger partial charge is 0.416 e. The molecule has 1 amide bonds. The molecule has 2 N–H and O–H groups in total. The van der Waals surface area contributed by atoms with E-state index in [1.807, 2.05) is 11.9 Å². The van der Waals surface area contributed by atoms with Gasteiger partial charge in [0.25, 0.3) is 10.0 Å². The van der Waals surface area contributed by atoms with Crippen molar-refractivity contribution in [2.75, 3.05) is 31.6 Å². The van der Waals surface area contributed by atoms with Gasteiger partial charge in [0.15, 0.2) is 0 Å². The van der Waals surface area contributed by atoms with Gasteiger partial charge in [0.1, 0.15) is 10.3 Å². The highest BCUT2D eigenvalue weighted by Gasteiger charge is 2.40.